The largest absolute Gasteiger partial charge is 0.338 e. The highest BCUT2D eigenvalue weighted by molar-refractivity contribution is 6.16. The van der Waals surface area contributed by atoms with E-state index in [0.29, 0.717) is 0 Å². The van der Waals surface area contributed by atoms with Gasteiger partial charge in [-0.2, -0.15) is 4.98 Å². The van der Waals surface area contributed by atoms with E-state index in [1.54, 1.807) is 0 Å². The molecule has 0 bridgehead atoms. The molecule has 0 unspecified atom stereocenters. The monoisotopic (exact) mass is 178 g/mol. The predicted octanol–water partition coefficient (Wildman–Crippen LogP) is 2.01. The van der Waals surface area contributed by atoms with Crippen molar-refractivity contribution in [3.05, 3.63) is 11.7 Å². The lowest BCUT2D eigenvalue weighted by Crippen LogP contribution is -2.11. The van der Waals surface area contributed by atoms with Crippen molar-refractivity contribution < 1.29 is 8.91 Å². The van der Waals surface area contributed by atoms with Crippen LogP contribution in [0.5, 0.6) is 0 Å². The van der Waals surface area contributed by atoms with E-state index < -0.39 is 5.67 Å². The van der Waals surface area contributed by atoms with Gasteiger partial charge in [-0.3, -0.25) is 0 Å². The highest BCUT2D eigenvalue weighted by atomic mass is 35.5. The Morgan fingerprint density at radius 1 is 1.64 bits per heavy atom. The first-order chi connectivity index (χ1) is 5.04. The summed E-state index contributed by atoms with van der Waals surface area (Å²) in [5.74, 6) is 0.392. The van der Waals surface area contributed by atoms with Gasteiger partial charge in [0, 0.05) is 0 Å². The molecule has 0 aliphatic rings. The quantitative estimate of drug-likeness (QED) is 0.651. The number of alkyl halides is 2. The summed E-state index contributed by atoms with van der Waals surface area (Å²) >= 11 is 5.37. The van der Waals surface area contributed by atoms with Crippen molar-refractivity contribution in [2.24, 2.45) is 0 Å². The van der Waals surface area contributed by atoms with Crippen LogP contribution in [0.25, 0.3) is 0 Å². The van der Waals surface area contributed by atoms with Crippen molar-refractivity contribution >= 4 is 11.6 Å². The molecule has 0 radical (unpaired) electrons. The summed E-state index contributed by atoms with van der Waals surface area (Å²) in [6.45, 7) is 2.71. The van der Waals surface area contributed by atoms with Gasteiger partial charge in [0.1, 0.15) is 5.88 Å². The van der Waals surface area contributed by atoms with E-state index in [1.165, 1.54) is 13.8 Å². The third-order valence-corrected chi connectivity index (χ3v) is 1.34. The number of halogens is 2. The second-order valence-electron chi connectivity index (χ2n) is 2.62. The molecule has 1 aromatic rings. The predicted molar refractivity (Wildman–Crippen MR) is 38.0 cm³/mol. The number of aromatic nitrogens is 2. The van der Waals surface area contributed by atoms with Gasteiger partial charge in [0.2, 0.25) is 11.7 Å². The second-order valence-corrected chi connectivity index (χ2v) is 2.89. The summed E-state index contributed by atoms with van der Waals surface area (Å²) in [4.78, 5) is 3.72. The molecule has 0 aliphatic heterocycles. The van der Waals surface area contributed by atoms with E-state index in [0.717, 1.165) is 0 Å². The zero-order valence-electron chi connectivity index (χ0n) is 6.27. The number of hydrogen-bond donors (Lipinski definition) is 0. The van der Waals surface area contributed by atoms with Crippen molar-refractivity contribution in [3.8, 4) is 0 Å². The Labute approximate surface area is 68.5 Å². The molecular formula is C6H8ClFN2O. The highest BCUT2D eigenvalue weighted by Crippen LogP contribution is 2.21. The summed E-state index contributed by atoms with van der Waals surface area (Å²) in [5, 5.41) is 3.41. The zero-order chi connectivity index (χ0) is 8.48. The van der Waals surface area contributed by atoms with E-state index in [2.05, 4.69) is 14.7 Å². The SMILES string of the molecule is CC(C)(F)c1noc(CCl)n1. The van der Waals surface area contributed by atoms with E-state index >= 15 is 0 Å². The molecule has 0 saturated carbocycles. The third-order valence-electron chi connectivity index (χ3n) is 1.11. The molecule has 62 valence electrons. The molecule has 0 spiro atoms. The van der Waals surface area contributed by atoms with E-state index in [9.17, 15) is 4.39 Å². The Kier molecular flexibility index (Phi) is 2.13. The molecule has 3 nitrogen and oxygen atoms in total. The van der Waals surface area contributed by atoms with Crippen LogP contribution in [0, 0.1) is 0 Å². The number of hydrogen-bond acceptors (Lipinski definition) is 3. The van der Waals surface area contributed by atoms with Gasteiger partial charge in [-0.05, 0) is 13.8 Å². The Morgan fingerprint density at radius 2 is 2.27 bits per heavy atom. The van der Waals surface area contributed by atoms with Gasteiger partial charge in [-0.15, -0.1) is 11.6 Å². The van der Waals surface area contributed by atoms with Crippen LogP contribution in [0.1, 0.15) is 25.6 Å². The minimum atomic E-state index is -1.56. The van der Waals surface area contributed by atoms with Crippen LogP contribution in [0.3, 0.4) is 0 Å². The average Bonchev–Trinajstić information content (AvgIpc) is 2.32. The first-order valence-corrected chi connectivity index (χ1v) is 3.65. The molecule has 1 heterocycles. The topological polar surface area (TPSA) is 38.9 Å². The fourth-order valence-electron chi connectivity index (χ4n) is 0.551. The minimum Gasteiger partial charge on any atom is -0.338 e. The second kappa shape index (κ2) is 2.77. The summed E-state index contributed by atoms with van der Waals surface area (Å²) in [6.07, 6.45) is 0. The van der Waals surface area contributed by atoms with Crippen LogP contribution >= 0.6 is 11.6 Å². The molecule has 1 rings (SSSR count). The Morgan fingerprint density at radius 3 is 2.55 bits per heavy atom. The molecule has 1 aromatic heterocycles. The highest BCUT2D eigenvalue weighted by Gasteiger charge is 2.25. The summed E-state index contributed by atoms with van der Waals surface area (Å²) in [5.41, 5.74) is -1.56. The minimum absolute atomic E-state index is 0.0353. The van der Waals surface area contributed by atoms with Crippen LogP contribution in [0.15, 0.2) is 4.52 Å². The standard InChI is InChI=1S/C6H8ClFN2O/c1-6(2,8)5-9-4(3-7)11-10-5/h3H2,1-2H3. The van der Waals surface area contributed by atoms with Gasteiger partial charge in [-0.1, -0.05) is 5.16 Å². The summed E-state index contributed by atoms with van der Waals surface area (Å²) in [7, 11) is 0. The van der Waals surface area contributed by atoms with Crippen molar-refractivity contribution in [3.63, 3.8) is 0 Å². The summed E-state index contributed by atoms with van der Waals surface area (Å²) < 4.78 is 17.7. The number of rotatable bonds is 2. The van der Waals surface area contributed by atoms with Gasteiger partial charge in [-0.25, -0.2) is 4.39 Å². The van der Waals surface area contributed by atoms with Gasteiger partial charge >= 0.3 is 0 Å². The average molecular weight is 179 g/mol. The van der Waals surface area contributed by atoms with Crippen molar-refractivity contribution in [1.29, 1.82) is 0 Å². The van der Waals surface area contributed by atoms with E-state index in [4.69, 9.17) is 11.6 Å². The maximum atomic E-state index is 13.0. The van der Waals surface area contributed by atoms with Crippen LogP contribution in [0.2, 0.25) is 0 Å². The lowest BCUT2D eigenvalue weighted by Gasteiger charge is -2.05. The molecule has 0 aliphatic carbocycles. The van der Waals surface area contributed by atoms with Crippen LogP contribution in [-0.4, -0.2) is 10.1 Å². The van der Waals surface area contributed by atoms with Crippen LogP contribution < -0.4 is 0 Å². The van der Waals surface area contributed by atoms with Crippen molar-refractivity contribution in [1.82, 2.24) is 10.1 Å². The molecule has 5 heteroatoms. The fraction of sp³-hybridized carbons (Fsp3) is 0.667. The fourth-order valence-corrected chi connectivity index (χ4v) is 0.659. The maximum Gasteiger partial charge on any atom is 0.241 e. The number of nitrogens with zero attached hydrogens (tertiary/aromatic N) is 2. The molecule has 11 heavy (non-hydrogen) atoms. The molecule has 0 N–H and O–H groups in total. The molecule has 0 amide bonds. The lowest BCUT2D eigenvalue weighted by molar-refractivity contribution is 0.199. The maximum absolute atomic E-state index is 13.0. The first kappa shape index (κ1) is 8.46. The Hall–Kier alpha value is -0.640. The van der Waals surface area contributed by atoms with Gasteiger partial charge < -0.3 is 4.52 Å². The van der Waals surface area contributed by atoms with Crippen LogP contribution in [-0.2, 0) is 11.5 Å². The van der Waals surface area contributed by atoms with Crippen molar-refractivity contribution in [2.45, 2.75) is 25.4 Å². The Balaban J connectivity index is 2.89. The zero-order valence-corrected chi connectivity index (χ0v) is 7.02. The van der Waals surface area contributed by atoms with Crippen molar-refractivity contribution in [2.75, 3.05) is 0 Å². The van der Waals surface area contributed by atoms with Crippen LogP contribution in [0.4, 0.5) is 4.39 Å². The summed E-state index contributed by atoms with van der Waals surface area (Å²) in [6, 6.07) is 0. The smallest absolute Gasteiger partial charge is 0.241 e. The molecule has 0 atom stereocenters. The molecule has 0 aromatic carbocycles. The molecular weight excluding hydrogens is 171 g/mol. The first-order valence-electron chi connectivity index (χ1n) is 3.12. The van der Waals surface area contributed by atoms with Gasteiger partial charge in [0.05, 0.1) is 0 Å². The van der Waals surface area contributed by atoms with Gasteiger partial charge in [0.15, 0.2) is 5.67 Å². The normalized spacial score (nSPS) is 12.0. The molecule has 0 saturated heterocycles. The van der Waals surface area contributed by atoms with E-state index in [1.807, 2.05) is 0 Å². The molecule has 0 fully saturated rings. The lowest BCUT2D eigenvalue weighted by atomic mass is 10.2. The van der Waals surface area contributed by atoms with E-state index in [-0.39, 0.29) is 17.6 Å². The third kappa shape index (κ3) is 1.89. The Bertz CT molecular complexity index is 243. The van der Waals surface area contributed by atoms with Gasteiger partial charge in [0.25, 0.3) is 0 Å².